The Labute approximate surface area is 168 Å². The lowest BCUT2D eigenvalue weighted by molar-refractivity contribution is -0.137. The molecule has 1 unspecified atom stereocenters. The molecule has 5 nitrogen and oxygen atoms in total. The molecule has 2 aromatic rings. The molecule has 0 saturated heterocycles. The average Bonchev–Trinajstić information content (AvgIpc) is 2.69. The highest BCUT2D eigenvalue weighted by Crippen LogP contribution is 2.38. The van der Waals surface area contributed by atoms with E-state index in [-0.39, 0.29) is 17.2 Å². The third-order valence-electron chi connectivity index (χ3n) is 4.28. The van der Waals surface area contributed by atoms with E-state index in [1.165, 1.54) is 25.2 Å². The van der Waals surface area contributed by atoms with Crippen LogP contribution in [0.1, 0.15) is 18.9 Å². The Bertz CT molecular complexity index is 843. The zero-order valence-corrected chi connectivity index (χ0v) is 17.0. The van der Waals surface area contributed by atoms with Crippen LogP contribution in [0.3, 0.4) is 0 Å². The molecular formula is C21H24F3NO4. The minimum Gasteiger partial charge on any atom is -0.497 e. The molecule has 158 valence electrons. The Morgan fingerprint density at radius 3 is 1.90 bits per heavy atom. The van der Waals surface area contributed by atoms with Crippen LogP contribution in [0.25, 0.3) is 11.1 Å². The van der Waals surface area contributed by atoms with Gasteiger partial charge in [0.05, 0.1) is 19.8 Å². The molecule has 2 aromatic carbocycles. The molecule has 29 heavy (non-hydrogen) atoms. The first kappa shape index (κ1) is 22.4. The van der Waals surface area contributed by atoms with E-state index < -0.39 is 17.8 Å². The highest BCUT2D eigenvalue weighted by molar-refractivity contribution is 5.80. The number of nitrogens with zero attached hydrogens (tertiary/aromatic N) is 1. The van der Waals surface area contributed by atoms with Crippen molar-refractivity contribution in [3.63, 3.8) is 0 Å². The maximum absolute atomic E-state index is 13.5. The van der Waals surface area contributed by atoms with Gasteiger partial charge in [-0.25, -0.2) is 0 Å². The first-order valence-corrected chi connectivity index (χ1v) is 8.92. The lowest BCUT2D eigenvalue weighted by Crippen LogP contribution is -2.37. The highest BCUT2D eigenvalue weighted by atomic mass is 19.4. The van der Waals surface area contributed by atoms with Crippen LogP contribution < -0.4 is 14.2 Å². The van der Waals surface area contributed by atoms with Gasteiger partial charge in [0.2, 0.25) is 0 Å². The van der Waals surface area contributed by atoms with E-state index in [9.17, 15) is 18.0 Å². The van der Waals surface area contributed by atoms with Crippen LogP contribution in [0, 0.1) is 0 Å². The number of carbonyl (C=O) groups excluding carboxylic acids is 1. The summed E-state index contributed by atoms with van der Waals surface area (Å²) >= 11 is 0. The maximum Gasteiger partial charge on any atom is 0.416 e. The number of carbonyl (C=O) groups is 1. The Hall–Kier alpha value is -2.90. The van der Waals surface area contributed by atoms with E-state index in [4.69, 9.17) is 14.2 Å². The van der Waals surface area contributed by atoms with Crippen molar-refractivity contribution in [3.8, 4) is 28.4 Å². The summed E-state index contributed by atoms with van der Waals surface area (Å²) in [5.41, 5.74) is -0.151. The molecule has 0 spiro atoms. The van der Waals surface area contributed by atoms with Gasteiger partial charge in [-0.3, -0.25) is 4.79 Å². The molecule has 0 radical (unpaired) electrons. The number of hydrogen-bond acceptors (Lipinski definition) is 4. The third kappa shape index (κ3) is 5.56. The second-order valence-electron chi connectivity index (χ2n) is 6.59. The average molecular weight is 411 g/mol. The van der Waals surface area contributed by atoms with Crippen LogP contribution >= 0.6 is 0 Å². The van der Waals surface area contributed by atoms with Crippen LogP contribution in [0.5, 0.6) is 17.2 Å². The van der Waals surface area contributed by atoms with Crippen molar-refractivity contribution < 1.29 is 32.2 Å². The second kappa shape index (κ2) is 9.07. The van der Waals surface area contributed by atoms with Crippen molar-refractivity contribution in [1.29, 1.82) is 0 Å². The molecule has 8 heteroatoms. The number of halogens is 3. The summed E-state index contributed by atoms with van der Waals surface area (Å²) in [5.74, 6) is 0.509. The predicted molar refractivity (Wildman–Crippen MR) is 103 cm³/mol. The smallest absolute Gasteiger partial charge is 0.416 e. The van der Waals surface area contributed by atoms with Crippen molar-refractivity contribution in [3.05, 3.63) is 42.0 Å². The summed E-state index contributed by atoms with van der Waals surface area (Å²) in [4.78, 5) is 13.6. The van der Waals surface area contributed by atoms with E-state index in [1.807, 2.05) is 0 Å². The molecule has 0 aliphatic rings. The number of likely N-dealkylation sites (N-methyl/N-ethyl adjacent to an activating group) is 1. The number of rotatable bonds is 7. The van der Waals surface area contributed by atoms with Gasteiger partial charge in [0.15, 0.2) is 6.10 Å². The fourth-order valence-electron chi connectivity index (χ4n) is 2.73. The molecule has 1 amide bonds. The molecule has 0 aliphatic carbocycles. The van der Waals surface area contributed by atoms with Gasteiger partial charge in [0.1, 0.15) is 17.2 Å². The van der Waals surface area contributed by atoms with E-state index in [2.05, 4.69) is 0 Å². The molecule has 0 heterocycles. The summed E-state index contributed by atoms with van der Waals surface area (Å²) in [5, 5.41) is 0. The minimum absolute atomic E-state index is 0.0429. The molecular weight excluding hydrogens is 387 g/mol. The zero-order chi connectivity index (χ0) is 21.8. The molecule has 0 fully saturated rings. The number of alkyl halides is 3. The standard InChI is InChI=1S/C21H24F3NO4/c1-6-19(20(26)25(2)3)29-18-10-13(7-15(11-18)21(22,23)24)14-8-16(27-4)12-17(9-14)28-5/h7-12,19H,6H2,1-5H3. The van der Waals surface area contributed by atoms with Crippen molar-refractivity contribution >= 4 is 5.91 Å². The number of methoxy groups -OCH3 is 2. The summed E-state index contributed by atoms with van der Waals surface area (Å²) < 4.78 is 56.5. The Morgan fingerprint density at radius 1 is 0.931 bits per heavy atom. The van der Waals surface area contributed by atoms with Crippen molar-refractivity contribution in [1.82, 2.24) is 4.90 Å². The molecule has 0 N–H and O–H groups in total. The number of ether oxygens (including phenoxy) is 3. The van der Waals surface area contributed by atoms with E-state index in [1.54, 1.807) is 39.2 Å². The Morgan fingerprint density at radius 2 is 1.45 bits per heavy atom. The van der Waals surface area contributed by atoms with Gasteiger partial charge in [0.25, 0.3) is 5.91 Å². The van der Waals surface area contributed by atoms with Crippen LogP contribution in [0.4, 0.5) is 13.2 Å². The van der Waals surface area contributed by atoms with Gasteiger partial charge in [-0.05, 0) is 47.9 Å². The van der Waals surface area contributed by atoms with E-state index in [0.29, 0.717) is 23.5 Å². The molecule has 0 bridgehead atoms. The Balaban J connectivity index is 2.57. The van der Waals surface area contributed by atoms with Gasteiger partial charge < -0.3 is 19.1 Å². The van der Waals surface area contributed by atoms with E-state index in [0.717, 1.165) is 12.1 Å². The van der Waals surface area contributed by atoms with Crippen LogP contribution in [0.15, 0.2) is 36.4 Å². The monoisotopic (exact) mass is 411 g/mol. The van der Waals surface area contributed by atoms with E-state index >= 15 is 0 Å². The van der Waals surface area contributed by atoms with Gasteiger partial charge >= 0.3 is 6.18 Å². The fourth-order valence-corrected chi connectivity index (χ4v) is 2.73. The van der Waals surface area contributed by atoms with Crippen LogP contribution in [-0.2, 0) is 11.0 Å². The van der Waals surface area contributed by atoms with Crippen LogP contribution in [-0.4, -0.2) is 45.2 Å². The predicted octanol–water partition coefficient (Wildman–Crippen LogP) is 4.64. The largest absolute Gasteiger partial charge is 0.497 e. The van der Waals surface area contributed by atoms with Crippen molar-refractivity contribution in [2.75, 3.05) is 28.3 Å². The lowest BCUT2D eigenvalue weighted by Gasteiger charge is -2.22. The Kier molecular flexibility index (Phi) is 7.00. The summed E-state index contributed by atoms with van der Waals surface area (Å²) in [6.45, 7) is 1.73. The zero-order valence-electron chi connectivity index (χ0n) is 17.0. The normalized spacial score (nSPS) is 12.3. The van der Waals surface area contributed by atoms with Gasteiger partial charge in [0, 0.05) is 20.2 Å². The second-order valence-corrected chi connectivity index (χ2v) is 6.59. The summed E-state index contributed by atoms with van der Waals surface area (Å²) in [7, 11) is 6.04. The van der Waals surface area contributed by atoms with Crippen molar-refractivity contribution in [2.24, 2.45) is 0 Å². The third-order valence-corrected chi connectivity index (χ3v) is 4.28. The number of amides is 1. The summed E-state index contributed by atoms with van der Waals surface area (Å²) in [6, 6.07) is 8.21. The summed E-state index contributed by atoms with van der Waals surface area (Å²) in [6.07, 6.45) is -5.15. The van der Waals surface area contributed by atoms with Crippen LogP contribution in [0.2, 0.25) is 0 Å². The van der Waals surface area contributed by atoms with Gasteiger partial charge in [-0.2, -0.15) is 13.2 Å². The quantitative estimate of drug-likeness (QED) is 0.666. The van der Waals surface area contributed by atoms with Gasteiger partial charge in [-0.15, -0.1) is 0 Å². The molecule has 2 rings (SSSR count). The van der Waals surface area contributed by atoms with Crippen molar-refractivity contribution in [2.45, 2.75) is 25.6 Å². The molecule has 0 saturated carbocycles. The minimum atomic E-state index is -4.58. The lowest BCUT2D eigenvalue weighted by atomic mass is 10.0. The first-order chi connectivity index (χ1) is 13.6. The fraction of sp³-hybridized carbons (Fsp3) is 0.381. The highest BCUT2D eigenvalue weighted by Gasteiger charge is 2.32. The number of hydrogen-bond donors (Lipinski definition) is 0. The first-order valence-electron chi connectivity index (χ1n) is 8.92. The molecule has 0 aliphatic heterocycles. The maximum atomic E-state index is 13.5. The molecule has 1 atom stereocenters. The van der Waals surface area contributed by atoms with Gasteiger partial charge in [-0.1, -0.05) is 6.92 Å². The number of benzene rings is 2. The topological polar surface area (TPSA) is 48.0 Å². The molecule has 0 aromatic heterocycles. The SMILES string of the molecule is CCC(Oc1cc(-c2cc(OC)cc(OC)c2)cc(C(F)(F)F)c1)C(=O)N(C)C.